The number of hydrogen-bond donors (Lipinski definition) is 2. The van der Waals surface area contributed by atoms with E-state index in [0.717, 1.165) is 18.2 Å². The van der Waals surface area contributed by atoms with Crippen LogP contribution in [0.4, 0.5) is 46.3 Å². The summed E-state index contributed by atoms with van der Waals surface area (Å²) in [7, 11) is -10.9. The Morgan fingerprint density at radius 1 is 0.788 bits per heavy atom. The molecule has 0 amide bonds. The Morgan fingerprint density at radius 2 is 1.44 bits per heavy atom. The number of nitrogens with zero attached hydrogens (tertiary/aromatic N) is 6. The van der Waals surface area contributed by atoms with Crippen LogP contribution >= 0.6 is 23.2 Å². The zero-order valence-corrected chi connectivity index (χ0v) is 32.6. The fourth-order valence-electron chi connectivity index (χ4n) is 4.81. The quantitative estimate of drug-likeness (QED) is 0.0530. The van der Waals surface area contributed by atoms with Gasteiger partial charge in [0.2, 0.25) is 11.9 Å². The second kappa shape index (κ2) is 14.5. The minimum absolute atomic E-state index is 0. The summed E-state index contributed by atoms with van der Waals surface area (Å²) in [6.45, 7) is 0. The van der Waals surface area contributed by atoms with Gasteiger partial charge in [0.05, 0.1) is 16.7 Å². The van der Waals surface area contributed by atoms with Crippen LogP contribution in [-0.2, 0) is 20.2 Å². The third-order valence-corrected chi connectivity index (χ3v) is 9.18. The van der Waals surface area contributed by atoms with Gasteiger partial charge in [0.25, 0.3) is 0 Å². The van der Waals surface area contributed by atoms with Crippen LogP contribution in [0.15, 0.2) is 55.6 Å². The minimum atomic E-state index is -5.47. The van der Waals surface area contributed by atoms with E-state index in [1.165, 1.54) is 6.07 Å². The molecule has 16 nitrogen and oxygen atoms in total. The summed E-state index contributed by atoms with van der Waals surface area (Å²) in [6, 6.07) is 5.46. The molecule has 0 bridgehead atoms. The summed E-state index contributed by atoms with van der Waals surface area (Å²) in [5.74, 6) is -5.63. The molecule has 52 heavy (non-hydrogen) atoms. The molecule has 2 aromatic heterocycles. The van der Waals surface area contributed by atoms with Crippen LogP contribution in [0.5, 0.6) is 11.5 Å². The molecule has 0 saturated heterocycles. The summed E-state index contributed by atoms with van der Waals surface area (Å²) in [5, 5.41) is 3.57. The van der Waals surface area contributed by atoms with Crippen molar-refractivity contribution in [2.24, 2.45) is 4.99 Å². The van der Waals surface area contributed by atoms with Crippen molar-refractivity contribution in [3.05, 3.63) is 75.9 Å². The van der Waals surface area contributed by atoms with E-state index in [-0.39, 0.29) is 81.7 Å². The average Bonchev–Trinajstić information content (AvgIpc) is 3.00. The van der Waals surface area contributed by atoms with Crippen LogP contribution in [0.1, 0.15) is 0 Å². The van der Waals surface area contributed by atoms with Gasteiger partial charge in [0.1, 0.15) is 62.8 Å². The van der Waals surface area contributed by atoms with Crippen molar-refractivity contribution in [2.45, 2.75) is 9.79 Å². The first kappa shape index (κ1) is 39.9. The molecule has 26 heteroatoms. The van der Waals surface area contributed by atoms with Crippen molar-refractivity contribution in [3.63, 3.8) is 0 Å². The van der Waals surface area contributed by atoms with Gasteiger partial charge in [-0.2, -0.15) is 37.5 Å². The van der Waals surface area contributed by atoms with Crippen LogP contribution in [0.25, 0.3) is 22.6 Å². The van der Waals surface area contributed by atoms with Crippen LogP contribution in [0, 0.1) is 24.1 Å². The molecule has 0 fully saturated rings. The smallest absolute Gasteiger partial charge is 0.744 e. The molecular weight excluding hydrogens is 809 g/mol. The number of anilines is 4. The summed E-state index contributed by atoms with van der Waals surface area (Å²) in [6.07, 6.45) is -3.02. The van der Waals surface area contributed by atoms with Crippen LogP contribution in [0.3, 0.4) is 0 Å². The minimum Gasteiger partial charge on any atom is -0.744 e. The van der Waals surface area contributed by atoms with Crippen LogP contribution in [0.2, 0.25) is 10.0 Å². The first-order chi connectivity index (χ1) is 23.5. The van der Waals surface area contributed by atoms with Gasteiger partial charge in [-0.25, -0.2) is 26.8 Å². The van der Waals surface area contributed by atoms with E-state index in [1.54, 1.807) is 0 Å². The molecule has 0 atom stereocenters. The second-order valence-corrected chi connectivity index (χ2v) is 13.2. The molecule has 0 unspecified atom stereocenters. The summed E-state index contributed by atoms with van der Waals surface area (Å²) in [5.41, 5.74) is -2.01. The average molecular weight is 817 g/mol. The van der Waals surface area contributed by atoms with Gasteiger partial charge in [-0.05, 0) is 24.3 Å². The molecule has 1 aliphatic carbocycles. The molecule has 0 radical (unpaired) electrons. The number of nitrogens with one attached hydrogen (secondary N) is 2. The van der Waals surface area contributed by atoms with Crippen molar-refractivity contribution in [3.8, 4) is 23.0 Å². The van der Waals surface area contributed by atoms with Gasteiger partial charge in [-0.1, -0.05) is 23.2 Å². The molecule has 7 rings (SSSR count). The Morgan fingerprint density at radius 3 is 2.08 bits per heavy atom. The Labute approximate surface area is 341 Å². The largest absolute Gasteiger partial charge is 1.00 e. The maximum absolute atomic E-state index is 13.7. The van der Waals surface area contributed by atoms with Gasteiger partial charge in [0.15, 0.2) is 28.7 Å². The zero-order valence-electron chi connectivity index (χ0n) is 25.5. The summed E-state index contributed by atoms with van der Waals surface area (Å²) >= 11 is 13.2. The third kappa shape index (κ3) is 7.43. The van der Waals surface area contributed by atoms with Gasteiger partial charge < -0.3 is 28.9 Å². The second-order valence-electron chi connectivity index (χ2n) is 9.84. The van der Waals surface area contributed by atoms with Crippen molar-refractivity contribution < 1.29 is 112 Å². The SMILES string of the molecule is O=S(=O)([O-])c1c(Nc2cc(F)nc(F)n2)ccc2c1Oc1c(c(Cl)c3oc4c(S(=O)(=O)[O-])/c(=N/c5cc(F)nc(F)n5)ccc-4nc3c1Cl)N2.[Na+].[Na+]. The van der Waals surface area contributed by atoms with E-state index in [9.17, 15) is 43.5 Å². The van der Waals surface area contributed by atoms with Crippen molar-refractivity contribution in [2.75, 3.05) is 10.6 Å². The normalized spacial score (nSPS) is 12.7. The van der Waals surface area contributed by atoms with E-state index in [2.05, 4.69) is 40.5 Å². The monoisotopic (exact) mass is 816 g/mol. The van der Waals surface area contributed by atoms with Gasteiger partial charge >= 0.3 is 71.3 Å². The van der Waals surface area contributed by atoms with Gasteiger partial charge in [-0.15, -0.1) is 0 Å². The number of aromatic nitrogens is 5. The molecule has 0 spiro atoms. The number of hydrogen-bond acceptors (Lipinski definition) is 16. The van der Waals surface area contributed by atoms with E-state index in [4.69, 9.17) is 32.4 Å². The fraction of sp³-hybridized carbons (Fsp3) is 0. The Bertz CT molecular complexity index is 2710. The van der Waals surface area contributed by atoms with Gasteiger partial charge in [0, 0.05) is 12.1 Å². The van der Waals surface area contributed by atoms with Crippen LogP contribution in [-0.4, -0.2) is 50.9 Å². The van der Waals surface area contributed by atoms with E-state index in [1.807, 2.05) is 0 Å². The van der Waals surface area contributed by atoms with E-state index in [0.29, 0.717) is 12.1 Å². The number of fused-ring (bicyclic) bond motifs is 4. The Kier molecular flexibility index (Phi) is 11.2. The van der Waals surface area contributed by atoms with Crippen molar-refractivity contribution in [1.29, 1.82) is 0 Å². The summed E-state index contributed by atoms with van der Waals surface area (Å²) < 4.78 is 141. The molecule has 2 aliphatic heterocycles. The maximum atomic E-state index is 13.7. The van der Waals surface area contributed by atoms with E-state index < -0.39 is 110 Å². The molecule has 3 aliphatic rings. The first-order valence-corrected chi connectivity index (χ1v) is 16.6. The molecule has 256 valence electrons. The van der Waals surface area contributed by atoms with E-state index >= 15 is 0 Å². The number of rotatable bonds is 5. The number of benzene rings is 3. The molecule has 0 saturated carbocycles. The molecular formula is C26H8Cl2F4N8Na2O8S2. The zero-order chi connectivity index (χ0) is 35.9. The van der Waals surface area contributed by atoms with Crippen molar-refractivity contribution >= 4 is 83.2 Å². The third-order valence-electron chi connectivity index (χ3n) is 6.67. The fourth-order valence-corrected chi connectivity index (χ4v) is 6.84. The maximum Gasteiger partial charge on any atom is 1.00 e. The number of halogens is 6. The van der Waals surface area contributed by atoms with Crippen molar-refractivity contribution in [1.82, 2.24) is 24.9 Å². The predicted octanol–water partition coefficient (Wildman–Crippen LogP) is -0.983. The predicted molar refractivity (Wildman–Crippen MR) is 159 cm³/mol. The van der Waals surface area contributed by atoms with Gasteiger partial charge in [-0.3, -0.25) is 0 Å². The topological polar surface area (TPSA) is 238 Å². The molecule has 2 aromatic carbocycles. The first-order valence-electron chi connectivity index (χ1n) is 13.0. The standard InChI is InChI=1S/C26H10Cl2F4N8O8S2.2Na/c27-15-17-21(47-19-7(35-17)1-3-9(23(19)49(41,42)43)33-13-5-11(29)37-25(31)39-13)16(28)18-22(15)48-20-8(36-18)2-4-10(24(20)50(44,45)46)34-14-6-12(30)38-26(32)40-14;;/h1-6,35H,(H,33,37,39)(H,41,42,43)(H,44,45,46);;/q;2*+1/p-2/b34-10+;;. The Balaban J connectivity index is 0.00000261. The molecule has 4 heterocycles. The number of ether oxygens (including phenoxy) is 1. The summed E-state index contributed by atoms with van der Waals surface area (Å²) in [4.78, 5) is 18.0. The molecule has 2 N–H and O–H groups in total. The molecule has 4 aromatic rings. The Hall–Kier alpha value is -3.26. The van der Waals surface area contributed by atoms with Crippen LogP contribution < -0.4 is 79.8 Å².